The lowest BCUT2D eigenvalue weighted by molar-refractivity contribution is 0.118. The maximum Gasteiger partial charge on any atom is 0.0935 e. The number of fused-ring (bicyclic) bond motifs is 2. The van der Waals surface area contributed by atoms with Crippen molar-refractivity contribution >= 4 is 0 Å². The Kier molecular flexibility index (Phi) is 2.79. The van der Waals surface area contributed by atoms with Gasteiger partial charge in [-0.3, -0.25) is 0 Å². The van der Waals surface area contributed by atoms with Gasteiger partial charge >= 0.3 is 0 Å². The van der Waals surface area contributed by atoms with Gasteiger partial charge in [-0.05, 0) is 56.9 Å². The topological polar surface area (TPSA) is 9.23 Å². The van der Waals surface area contributed by atoms with E-state index in [0.29, 0.717) is 5.41 Å². The number of hydrogen-bond acceptors (Lipinski definition) is 1. The summed E-state index contributed by atoms with van der Waals surface area (Å²) in [7, 11) is 0. The van der Waals surface area contributed by atoms with Crippen LogP contribution in [0.4, 0.5) is 0 Å². The van der Waals surface area contributed by atoms with Crippen LogP contribution in [0.2, 0.25) is 0 Å². The van der Waals surface area contributed by atoms with Crippen LogP contribution >= 0.6 is 0 Å². The fourth-order valence-electron chi connectivity index (χ4n) is 3.44. The van der Waals surface area contributed by atoms with E-state index in [9.17, 15) is 0 Å². The van der Waals surface area contributed by atoms with Crippen LogP contribution in [0.1, 0.15) is 57.8 Å². The van der Waals surface area contributed by atoms with Crippen molar-refractivity contribution in [1.29, 1.82) is 0 Å². The van der Waals surface area contributed by atoms with Crippen molar-refractivity contribution in [2.24, 2.45) is 5.41 Å². The van der Waals surface area contributed by atoms with Crippen LogP contribution in [0, 0.1) is 5.41 Å². The van der Waals surface area contributed by atoms with Gasteiger partial charge in [-0.2, -0.15) is 0 Å². The molecular formula is C15H22O. The average molecular weight is 218 g/mol. The zero-order valence-electron chi connectivity index (χ0n) is 10.1. The Hall–Kier alpha value is -0.720. The Morgan fingerprint density at radius 1 is 1.19 bits per heavy atom. The summed E-state index contributed by atoms with van der Waals surface area (Å²) in [6, 6.07) is 0. The first kappa shape index (κ1) is 10.4. The highest BCUT2D eigenvalue weighted by atomic mass is 16.5. The zero-order chi connectivity index (χ0) is 10.8. The Morgan fingerprint density at radius 2 is 2.06 bits per heavy atom. The molecule has 3 aliphatic rings. The van der Waals surface area contributed by atoms with Crippen molar-refractivity contribution in [2.75, 3.05) is 6.61 Å². The Labute approximate surface area is 98.6 Å². The smallest absolute Gasteiger partial charge is 0.0935 e. The molecule has 3 rings (SSSR count). The fraction of sp³-hybridized carbons (Fsp3) is 0.733. The van der Waals surface area contributed by atoms with Gasteiger partial charge in [0.15, 0.2) is 0 Å². The van der Waals surface area contributed by atoms with E-state index < -0.39 is 0 Å². The zero-order valence-corrected chi connectivity index (χ0v) is 10.1. The summed E-state index contributed by atoms with van der Waals surface area (Å²) in [6.07, 6.45) is 16.5. The molecule has 1 heteroatoms. The van der Waals surface area contributed by atoms with Crippen molar-refractivity contribution in [2.45, 2.75) is 57.8 Å². The van der Waals surface area contributed by atoms with Crippen LogP contribution in [0.5, 0.6) is 0 Å². The van der Waals surface area contributed by atoms with Gasteiger partial charge in [0.25, 0.3) is 0 Å². The fourth-order valence-corrected chi connectivity index (χ4v) is 3.44. The molecule has 0 radical (unpaired) electrons. The van der Waals surface area contributed by atoms with Crippen molar-refractivity contribution in [1.82, 2.24) is 0 Å². The normalized spacial score (nSPS) is 32.8. The van der Waals surface area contributed by atoms with Crippen LogP contribution in [0.15, 0.2) is 23.5 Å². The maximum atomic E-state index is 5.88. The minimum absolute atomic E-state index is 0.501. The molecule has 0 aromatic carbocycles. The van der Waals surface area contributed by atoms with Gasteiger partial charge in [0, 0.05) is 5.41 Å². The second-order valence-corrected chi connectivity index (χ2v) is 5.89. The van der Waals surface area contributed by atoms with Gasteiger partial charge in [-0.1, -0.05) is 18.1 Å². The summed E-state index contributed by atoms with van der Waals surface area (Å²) in [5.74, 6) is 0. The molecule has 1 atom stereocenters. The molecule has 0 amide bonds. The highest BCUT2D eigenvalue weighted by molar-refractivity contribution is 5.21. The predicted octanol–water partition coefficient (Wildman–Crippen LogP) is 4.35. The average Bonchev–Trinajstić information content (AvgIpc) is 2.91. The number of allylic oxidation sites excluding steroid dienone is 3. The van der Waals surface area contributed by atoms with Gasteiger partial charge in [0.2, 0.25) is 0 Å². The van der Waals surface area contributed by atoms with E-state index in [4.69, 9.17) is 4.74 Å². The van der Waals surface area contributed by atoms with Crippen molar-refractivity contribution in [3.63, 3.8) is 0 Å². The highest BCUT2D eigenvalue weighted by Gasteiger charge is 2.40. The van der Waals surface area contributed by atoms with E-state index in [0.717, 1.165) is 6.61 Å². The van der Waals surface area contributed by atoms with Crippen molar-refractivity contribution in [3.8, 4) is 0 Å². The van der Waals surface area contributed by atoms with Crippen LogP contribution in [-0.2, 0) is 4.74 Å². The van der Waals surface area contributed by atoms with Crippen molar-refractivity contribution in [3.05, 3.63) is 23.5 Å². The molecule has 2 bridgehead atoms. The minimum Gasteiger partial charge on any atom is -0.501 e. The maximum absolute atomic E-state index is 5.88. The van der Waals surface area contributed by atoms with Crippen LogP contribution in [0.25, 0.3) is 0 Å². The molecule has 3 aliphatic carbocycles. The second kappa shape index (κ2) is 4.27. The molecule has 0 aromatic heterocycles. The molecule has 2 saturated carbocycles. The Bertz CT molecular complexity index is 318. The SMILES string of the molecule is C(OCC12CC=C(CC1)C2)=C1CCCCC1. The molecule has 0 aliphatic heterocycles. The van der Waals surface area contributed by atoms with Gasteiger partial charge in [-0.15, -0.1) is 0 Å². The number of rotatable bonds is 3. The number of ether oxygens (including phenoxy) is 1. The molecule has 2 fully saturated rings. The monoisotopic (exact) mass is 218 g/mol. The van der Waals surface area contributed by atoms with E-state index in [-0.39, 0.29) is 0 Å². The molecule has 0 N–H and O–H groups in total. The third-order valence-electron chi connectivity index (χ3n) is 4.54. The van der Waals surface area contributed by atoms with Crippen molar-refractivity contribution < 1.29 is 4.74 Å². The van der Waals surface area contributed by atoms with Crippen LogP contribution in [0.3, 0.4) is 0 Å². The van der Waals surface area contributed by atoms with Gasteiger partial charge < -0.3 is 4.74 Å². The highest BCUT2D eigenvalue weighted by Crippen LogP contribution is 2.50. The third-order valence-corrected chi connectivity index (χ3v) is 4.54. The second-order valence-electron chi connectivity index (χ2n) is 5.89. The minimum atomic E-state index is 0.501. The summed E-state index contributed by atoms with van der Waals surface area (Å²) in [5.41, 5.74) is 3.74. The van der Waals surface area contributed by atoms with Crippen LogP contribution < -0.4 is 0 Å². The van der Waals surface area contributed by atoms with E-state index in [2.05, 4.69) is 12.3 Å². The largest absolute Gasteiger partial charge is 0.501 e. The Morgan fingerprint density at radius 3 is 2.69 bits per heavy atom. The van der Waals surface area contributed by atoms with Gasteiger partial charge in [-0.25, -0.2) is 0 Å². The third kappa shape index (κ3) is 2.05. The van der Waals surface area contributed by atoms with E-state index in [1.54, 1.807) is 11.1 Å². The molecular weight excluding hydrogens is 196 g/mol. The molecule has 0 aromatic rings. The van der Waals surface area contributed by atoms with E-state index in [1.165, 1.54) is 57.8 Å². The van der Waals surface area contributed by atoms with E-state index in [1.807, 2.05) is 0 Å². The number of hydrogen-bond donors (Lipinski definition) is 0. The summed E-state index contributed by atoms with van der Waals surface area (Å²) >= 11 is 0. The van der Waals surface area contributed by atoms with E-state index >= 15 is 0 Å². The molecule has 0 spiro atoms. The standard InChI is InChI=1S/C15H22O/c1-2-4-14(5-3-1)11-16-12-15-8-6-13(10-15)7-9-15/h6,11H,1-5,7-10,12H2. The summed E-state index contributed by atoms with van der Waals surface area (Å²) in [4.78, 5) is 0. The molecule has 0 heterocycles. The van der Waals surface area contributed by atoms with Gasteiger partial charge in [0.1, 0.15) is 0 Å². The first-order valence-electron chi connectivity index (χ1n) is 6.84. The lowest BCUT2D eigenvalue weighted by Crippen LogP contribution is -2.20. The lowest BCUT2D eigenvalue weighted by Gasteiger charge is -2.25. The van der Waals surface area contributed by atoms with Crippen LogP contribution in [-0.4, -0.2) is 6.61 Å². The molecule has 1 unspecified atom stereocenters. The predicted molar refractivity (Wildman–Crippen MR) is 66.1 cm³/mol. The molecule has 1 nitrogen and oxygen atoms in total. The summed E-state index contributed by atoms with van der Waals surface area (Å²) in [6.45, 7) is 0.955. The molecule has 0 saturated heterocycles. The summed E-state index contributed by atoms with van der Waals surface area (Å²) < 4.78 is 5.88. The first-order valence-corrected chi connectivity index (χ1v) is 6.84. The van der Waals surface area contributed by atoms with Gasteiger partial charge in [0.05, 0.1) is 12.9 Å². The molecule has 88 valence electrons. The lowest BCUT2D eigenvalue weighted by atomic mass is 9.86. The first-order chi connectivity index (χ1) is 7.86. The Balaban J connectivity index is 1.50. The summed E-state index contributed by atoms with van der Waals surface area (Å²) in [5, 5.41) is 0. The quantitative estimate of drug-likeness (QED) is 0.505. The molecule has 16 heavy (non-hydrogen) atoms.